The van der Waals surface area contributed by atoms with E-state index in [2.05, 4.69) is 20.5 Å². The molecular formula is C26H25FN6O2. The van der Waals surface area contributed by atoms with Gasteiger partial charge in [-0.05, 0) is 55.2 Å². The molecule has 8 nitrogen and oxygen atoms in total. The zero-order valence-electron chi connectivity index (χ0n) is 19.0. The minimum atomic E-state index is -0.315. The number of nitrogens with zero attached hydrogens (tertiary/aromatic N) is 5. The van der Waals surface area contributed by atoms with Gasteiger partial charge in [0.05, 0.1) is 24.4 Å². The number of aliphatic hydroxyl groups is 1. The van der Waals surface area contributed by atoms with Crippen LogP contribution in [-0.4, -0.2) is 41.7 Å². The first-order valence-corrected chi connectivity index (χ1v) is 11.8. The van der Waals surface area contributed by atoms with Gasteiger partial charge in [-0.2, -0.15) is 10.2 Å². The van der Waals surface area contributed by atoms with Crippen LogP contribution in [0, 0.1) is 5.82 Å². The lowest BCUT2D eigenvalue weighted by Crippen LogP contribution is -2.28. The molecule has 0 amide bonds. The molecule has 1 unspecified atom stereocenters. The van der Waals surface area contributed by atoms with Gasteiger partial charge in [0.15, 0.2) is 11.6 Å². The van der Waals surface area contributed by atoms with Gasteiger partial charge < -0.3 is 15.2 Å². The van der Waals surface area contributed by atoms with E-state index in [1.807, 2.05) is 41.2 Å². The highest BCUT2D eigenvalue weighted by atomic mass is 19.1. The van der Waals surface area contributed by atoms with E-state index in [0.29, 0.717) is 24.5 Å². The second-order valence-electron chi connectivity index (χ2n) is 8.97. The average molecular weight is 473 g/mol. The van der Waals surface area contributed by atoms with Crippen LogP contribution < -0.4 is 10.1 Å². The molecule has 1 fully saturated rings. The number of benzene rings is 2. The number of halogens is 1. The summed E-state index contributed by atoms with van der Waals surface area (Å²) in [5, 5.41) is 23.2. The number of anilines is 2. The third-order valence-electron chi connectivity index (χ3n) is 6.43. The van der Waals surface area contributed by atoms with Crippen molar-refractivity contribution in [2.45, 2.75) is 44.4 Å². The van der Waals surface area contributed by atoms with Crippen molar-refractivity contribution in [3.63, 3.8) is 0 Å². The molecule has 1 aliphatic carbocycles. The summed E-state index contributed by atoms with van der Waals surface area (Å²) in [7, 11) is 0. The number of hydrogen-bond acceptors (Lipinski definition) is 6. The predicted octanol–water partition coefficient (Wildman–Crippen LogP) is 4.69. The highest BCUT2D eigenvalue weighted by Gasteiger charge is 2.23. The van der Waals surface area contributed by atoms with Crippen LogP contribution >= 0.6 is 0 Å². The lowest BCUT2D eigenvalue weighted by atomic mass is 9.95. The molecule has 0 aliphatic heterocycles. The van der Waals surface area contributed by atoms with Crippen LogP contribution in [0.2, 0.25) is 0 Å². The Labute approximate surface area is 201 Å². The first kappa shape index (κ1) is 21.5. The third kappa shape index (κ3) is 4.42. The predicted molar refractivity (Wildman–Crippen MR) is 130 cm³/mol. The standard InChI is InChI=1S/C26H25FN6O2/c27-19-4-1-3-17(11-19)15-33-23-8-7-20(12-18(23)14-29-33)31-26-25-24(9-10-32(25)30-16-28-26)35-22-6-2-5-21(34)13-22/h1,3-4,7-12,14,16,21-22,34H,2,5-6,13,15H2,(H,28,30,31)/t21-,22?/m0/s1. The molecule has 0 radical (unpaired) electrons. The van der Waals surface area contributed by atoms with Gasteiger partial charge in [0.2, 0.25) is 0 Å². The number of rotatable bonds is 6. The van der Waals surface area contributed by atoms with Crippen molar-refractivity contribution in [1.29, 1.82) is 0 Å². The monoisotopic (exact) mass is 472 g/mol. The molecule has 178 valence electrons. The Morgan fingerprint density at radius 3 is 2.94 bits per heavy atom. The molecule has 6 rings (SSSR count). The Bertz CT molecular complexity index is 1500. The Hall–Kier alpha value is -3.98. The fourth-order valence-corrected chi connectivity index (χ4v) is 4.76. The first-order chi connectivity index (χ1) is 17.1. The van der Waals surface area contributed by atoms with E-state index in [-0.39, 0.29) is 18.0 Å². The molecule has 9 heteroatoms. The van der Waals surface area contributed by atoms with Gasteiger partial charge in [0, 0.05) is 29.8 Å². The first-order valence-electron chi connectivity index (χ1n) is 11.8. The van der Waals surface area contributed by atoms with E-state index < -0.39 is 0 Å². The Balaban J connectivity index is 1.26. The molecule has 0 saturated heterocycles. The summed E-state index contributed by atoms with van der Waals surface area (Å²) in [4.78, 5) is 4.46. The van der Waals surface area contributed by atoms with Crippen molar-refractivity contribution < 1.29 is 14.2 Å². The molecule has 3 aromatic heterocycles. The summed E-state index contributed by atoms with van der Waals surface area (Å²) in [6, 6.07) is 14.4. The van der Waals surface area contributed by atoms with Crippen LogP contribution in [0.25, 0.3) is 16.4 Å². The molecule has 2 N–H and O–H groups in total. The van der Waals surface area contributed by atoms with E-state index in [9.17, 15) is 9.50 Å². The van der Waals surface area contributed by atoms with Crippen LogP contribution in [0.4, 0.5) is 15.9 Å². The van der Waals surface area contributed by atoms with Crippen molar-refractivity contribution in [3.05, 3.63) is 78.6 Å². The minimum Gasteiger partial charge on any atom is -0.488 e. The fourth-order valence-electron chi connectivity index (χ4n) is 4.76. The smallest absolute Gasteiger partial charge is 0.162 e. The number of nitrogens with one attached hydrogen (secondary N) is 1. The third-order valence-corrected chi connectivity index (χ3v) is 6.43. The lowest BCUT2D eigenvalue weighted by Gasteiger charge is -2.26. The van der Waals surface area contributed by atoms with Gasteiger partial charge >= 0.3 is 0 Å². The second-order valence-corrected chi connectivity index (χ2v) is 8.97. The minimum absolute atomic E-state index is 0.0294. The van der Waals surface area contributed by atoms with E-state index >= 15 is 0 Å². The van der Waals surface area contributed by atoms with Gasteiger partial charge in [0.1, 0.15) is 23.8 Å². The van der Waals surface area contributed by atoms with Crippen molar-refractivity contribution in [2.75, 3.05) is 5.32 Å². The maximum atomic E-state index is 13.6. The summed E-state index contributed by atoms with van der Waals surface area (Å²) in [5.41, 5.74) is 3.40. The maximum Gasteiger partial charge on any atom is 0.162 e. The molecule has 2 aromatic carbocycles. The van der Waals surface area contributed by atoms with Crippen LogP contribution in [0.3, 0.4) is 0 Å². The van der Waals surface area contributed by atoms with Gasteiger partial charge in [0.25, 0.3) is 0 Å². The number of fused-ring (bicyclic) bond motifs is 2. The maximum absolute atomic E-state index is 13.6. The quantitative estimate of drug-likeness (QED) is 0.373. The Morgan fingerprint density at radius 2 is 2.06 bits per heavy atom. The summed E-state index contributed by atoms with van der Waals surface area (Å²) in [5.74, 6) is 1.06. The van der Waals surface area contributed by atoms with Gasteiger partial charge in [-0.25, -0.2) is 13.9 Å². The van der Waals surface area contributed by atoms with Crippen LogP contribution in [0.15, 0.2) is 67.3 Å². The van der Waals surface area contributed by atoms with Crippen molar-refractivity contribution in [3.8, 4) is 5.75 Å². The van der Waals surface area contributed by atoms with Crippen LogP contribution in [0.1, 0.15) is 31.2 Å². The Kier molecular flexibility index (Phi) is 5.54. The van der Waals surface area contributed by atoms with Crippen molar-refractivity contribution >= 4 is 27.9 Å². The SMILES string of the molecule is O[C@H]1CCCC(Oc2ccn3ncnc(Nc4ccc5c(cnn5Cc5cccc(F)c5)c4)c23)C1. The topological polar surface area (TPSA) is 89.5 Å². The zero-order valence-corrected chi connectivity index (χ0v) is 19.0. The number of aliphatic hydroxyl groups excluding tert-OH is 1. The fraction of sp³-hybridized carbons (Fsp3) is 0.269. The highest BCUT2D eigenvalue weighted by molar-refractivity contribution is 5.86. The molecule has 0 spiro atoms. The zero-order chi connectivity index (χ0) is 23.8. The molecule has 1 saturated carbocycles. The van der Waals surface area contributed by atoms with Gasteiger partial charge in [-0.3, -0.25) is 4.68 Å². The Morgan fingerprint density at radius 1 is 1.11 bits per heavy atom. The molecule has 0 bridgehead atoms. The second kappa shape index (κ2) is 8.99. The summed E-state index contributed by atoms with van der Waals surface area (Å²) < 4.78 is 23.4. The van der Waals surface area contributed by atoms with E-state index in [1.165, 1.54) is 18.5 Å². The van der Waals surface area contributed by atoms with Gasteiger partial charge in [-0.1, -0.05) is 12.1 Å². The van der Waals surface area contributed by atoms with Crippen LogP contribution in [-0.2, 0) is 6.54 Å². The normalized spacial score (nSPS) is 18.2. The van der Waals surface area contributed by atoms with Crippen molar-refractivity contribution in [1.82, 2.24) is 24.4 Å². The summed E-state index contributed by atoms with van der Waals surface area (Å²) in [6.07, 6.45) is 8.12. The number of ether oxygens (including phenoxy) is 1. The van der Waals surface area contributed by atoms with Crippen LogP contribution in [0.5, 0.6) is 5.75 Å². The van der Waals surface area contributed by atoms with Gasteiger partial charge in [-0.15, -0.1) is 0 Å². The molecule has 35 heavy (non-hydrogen) atoms. The summed E-state index contributed by atoms with van der Waals surface area (Å²) >= 11 is 0. The van der Waals surface area contributed by atoms with Crippen molar-refractivity contribution in [2.24, 2.45) is 0 Å². The average Bonchev–Trinajstić information content (AvgIpc) is 3.44. The number of hydrogen-bond donors (Lipinski definition) is 2. The molecule has 2 atom stereocenters. The molecule has 3 heterocycles. The largest absolute Gasteiger partial charge is 0.488 e. The lowest BCUT2D eigenvalue weighted by molar-refractivity contribution is 0.0544. The van der Waals surface area contributed by atoms with E-state index in [1.54, 1.807) is 16.8 Å². The molecule has 5 aromatic rings. The molecular weight excluding hydrogens is 447 g/mol. The summed E-state index contributed by atoms with van der Waals surface area (Å²) in [6.45, 7) is 0.487. The number of aromatic nitrogens is 5. The highest BCUT2D eigenvalue weighted by Crippen LogP contribution is 2.32. The molecule has 1 aliphatic rings. The van der Waals surface area contributed by atoms with E-state index in [0.717, 1.165) is 46.9 Å². The van der Waals surface area contributed by atoms with E-state index in [4.69, 9.17) is 4.74 Å².